The first kappa shape index (κ1) is 47.0. The summed E-state index contributed by atoms with van der Waals surface area (Å²) >= 11 is 0. The van der Waals surface area contributed by atoms with Crippen molar-refractivity contribution in [3.63, 3.8) is 0 Å². The lowest BCUT2D eigenvalue weighted by molar-refractivity contribution is -0.141. The van der Waals surface area contributed by atoms with Crippen molar-refractivity contribution >= 4 is 35.9 Å². The molecule has 0 aliphatic carbocycles. The van der Waals surface area contributed by atoms with Crippen LogP contribution in [0.25, 0.3) is 0 Å². The summed E-state index contributed by atoms with van der Waals surface area (Å²) < 4.78 is 20.7. The normalized spacial score (nSPS) is 11.1. The minimum absolute atomic E-state index is 0.0155. The number of Topliss-reactive ketones (excluding diaryl/α,β-unsaturated/α-hetero) is 1. The Hall–Kier alpha value is -3.14. The van der Waals surface area contributed by atoms with Gasteiger partial charge in [0.1, 0.15) is 19.3 Å². The maximum Gasteiger partial charge on any atom is 0.326 e. The molecule has 1 atom stereocenters. The molecular formula is C33H61N3O12. The van der Waals surface area contributed by atoms with Crippen LogP contribution < -0.4 is 16.0 Å². The molecule has 0 fully saturated rings. The second-order valence-electron chi connectivity index (χ2n) is 11.1. The Morgan fingerprint density at radius 3 is 1.58 bits per heavy atom. The van der Waals surface area contributed by atoms with Crippen molar-refractivity contribution < 1.29 is 57.9 Å². The summed E-state index contributed by atoms with van der Waals surface area (Å²) in [6, 6.07) is -1.10. The van der Waals surface area contributed by atoms with Crippen LogP contribution in [0.2, 0.25) is 0 Å². The fraction of sp³-hybridized carbons (Fsp3) is 0.818. The number of carboxylic acid groups (broad SMARTS) is 2. The Morgan fingerprint density at radius 1 is 0.625 bits per heavy atom. The second-order valence-corrected chi connectivity index (χ2v) is 11.1. The standard InChI is InChI=1S/C19H33N3O10.C14H28O2/c1-15(24)12-31-10-8-30-7-5-21-18(26)13-32-11-9-29-6-4-20-17(25)3-2-16(19(27)28)22-14-23;1-2-3-4-5-6-7-8-9-10-11-12-13-14(15)16/h14,16H,2-13H2,1H3,(H,20,25)(H,21,26)(H,22,23)(H,27,28);2-13H2,1H3,(H,15,16). The molecule has 0 aromatic heterocycles. The molecule has 0 heterocycles. The summed E-state index contributed by atoms with van der Waals surface area (Å²) in [6.07, 6.45) is 14.6. The molecule has 0 aliphatic rings. The van der Waals surface area contributed by atoms with Gasteiger partial charge >= 0.3 is 11.9 Å². The lowest BCUT2D eigenvalue weighted by atomic mass is 10.1. The van der Waals surface area contributed by atoms with E-state index < -0.39 is 18.0 Å². The number of hydrogen-bond acceptors (Lipinski definition) is 10. The van der Waals surface area contributed by atoms with Gasteiger partial charge in [-0.05, 0) is 19.8 Å². The molecule has 0 saturated heterocycles. The van der Waals surface area contributed by atoms with Crippen LogP contribution in [0.5, 0.6) is 0 Å². The summed E-state index contributed by atoms with van der Waals surface area (Å²) in [5.74, 6) is -2.56. The number of amides is 3. The largest absolute Gasteiger partial charge is 0.481 e. The minimum atomic E-state index is -1.21. The molecule has 15 nitrogen and oxygen atoms in total. The second kappa shape index (κ2) is 36.7. The molecule has 48 heavy (non-hydrogen) atoms. The van der Waals surface area contributed by atoms with Gasteiger partial charge in [-0.3, -0.25) is 24.0 Å². The van der Waals surface area contributed by atoms with Gasteiger partial charge in [-0.25, -0.2) is 4.79 Å². The molecule has 0 spiro atoms. The average molecular weight is 692 g/mol. The lowest BCUT2D eigenvalue weighted by Gasteiger charge is -2.11. The van der Waals surface area contributed by atoms with Gasteiger partial charge in [0.15, 0.2) is 5.78 Å². The number of unbranched alkanes of at least 4 members (excludes halogenated alkanes) is 10. The number of ether oxygens (including phenoxy) is 4. The monoisotopic (exact) mass is 691 g/mol. The molecule has 5 N–H and O–H groups in total. The average Bonchev–Trinajstić information content (AvgIpc) is 3.04. The van der Waals surface area contributed by atoms with E-state index in [9.17, 15) is 28.8 Å². The SMILES string of the molecule is CC(=O)COCCOCCNC(=O)COCCOCCNC(=O)CCC(NC=O)C(=O)O.CCCCCCCCCCCCCC(=O)O. The van der Waals surface area contributed by atoms with Crippen molar-refractivity contribution in [2.45, 2.75) is 110 Å². The lowest BCUT2D eigenvalue weighted by Crippen LogP contribution is -2.37. The number of nitrogens with one attached hydrogen (secondary N) is 3. The quantitative estimate of drug-likeness (QED) is 0.0486. The fourth-order valence-corrected chi connectivity index (χ4v) is 4.06. The maximum absolute atomic E-state index is 11.6. The summed E-state index contributed by atoms with van der Waals surface area (Å²) in [5.41, 5.74) is 0. The minimum Gasteiger partial charge on any atom is -0.481 e. The zero-order valence-corrected chi connectivity index (χ0v) is 29.1. The summed E-state index contributed by atoms with van der Waals surface area (Å²) in [4.78, 5) is 65.2. The molecule has 0 saturated carbocycles. The molecule has 280 valence electrons. The molecular weight excluding hydrogens is 630 g/mol. The smallest absolute Gasteiger partial charge is 0.326 e. The third-order valence-corrected chi connectivity index (χ3v) is 6.64. The number of carboxylic acids is 2. The van der Waals surface area contributed by atoms with Gasteiger partial charge in [-0.2, -0.15) is 0 Å². The van der Waals surface area contributed by atoms with Crippen molar-refractivity contribution in [3.8, 4) is 0 Å². The number of hydrogen-bond donors (Lipinski definition) is 5. The Bertz CT molecular complexity index is 845. The van der Waals surface area contributed by atoms with Crippen molar-refractivity contribution in [1.82, 2.24) is 16.0 Å². The van der Waals surface area contributed by atoms with E-state index in [1.807, 2.05) is 0 Å². The van der Waals surface area contributed by atoms with E-state index in [2.05, 4.69) is 22.9 Å². The van der Waals surface area contributed by atoms with Crippen LogP contribution in [0.3, 0.4) is 0 Å². The zero-order chi connectivity index (χ0) is 36.1. The Kier molecular flexibility index (Phi) is 35.9. The van der Waals surface area contributed by atoms with Crippen molar-refractivity contribution in [3.05, 3.63) is 0 Å². The van der Waals surface area contributed by atoms with Gasteiger partial charge in [0.05, 0.1) is 39.6 Å². The number of carbonyl (C=O) groups is 6. The molecule has 0 bridgehead atoms. The zero-order valence-electron chi connectivity index (χ0n) is 29.1. The number of carbonyl (C=O) groups excluding carboxylic acids is 4. The molecule has 3 amide bonds. The first-order valence-electron chi connectivity index (χ1n) is 17.1. The fourth-order valence-electron chi connectivity index (χ4n) is 4.06. The van der Waals surface area contributed by atoms with Crippen LogP contribution in [0, 0.1) is 0 Å². The summed E-state index contributed by atoms with van der Waals surface area (Å²) in [5, 5.41) is 24.6. The van der Waals surface area contributed by atoms with E-state index in [1.165, 1.54) is 64.7 Å². The summed E-state index contributed by atoms with van der Waals surface area (Å²) in [6.45, 7) is 5.79. The van der Waals surface area contributed by atoms with Crippen LogP contribution in [0.4, 0.5) is 0 Å². The van der Waals surface area contributed by atoms with Crippen molar-refractivity contribution in [2.24, 2.45) is 0 Å². The highest BCUT2D eigenvalue weighted by atomic mass is 16.5. The summed E-state index contributed by atoms with van der Waals surface area (Å²) in [7, 11) is 0. The number of ketones is 1. The van der Waals surface area contributed by atoms with E-state index in [1.54, 1.807) is 0 Å². The van der Waals surface area contributed by atoms with E-state index in [0.29, 0.717) is 32.8 Å². The third kappa shape index (κ3) is 39.0. The first-order valence-corrected chi connectivity index (χ1v) is 17.1. The van der Waals surface area contributed by atoms with Gasteiger partial charge in [0.2, 0.25) is 18.2 Å². The third-order valence-electron chi connectivity index (χ3n) is 6.64. The number of aliphatic carboxylic acids is 2. The van der Waals surface area contributed by atoms with Gasteiger partial charge in [-0.15, -0.1) is 0 Å². The van der Waals surface area contributed by atoms with E-state index in [0.717, 1.165) is 12.8 Å². The number of rotatable bonds is 34. The van der Waals surface area contributed by atoms with E-state index >= 15 is 0 Å². The van der Waals surface area contributed by atoms with Crippen LogP contribution in [0.1, 0.15) is 104 Å². The highest BCUT2D eigenvalue weighted by Crippen LogP contribution is 2.11. The van der Waals surface area contributed by atoms with Gasteiger partial charge in [0, 0.05) is 25.9 Å². The molecule has 15 heteroatoms. The molecule has 0 aliphatic heterocycles. The highest BCUT2D eigenvalue weighted by Gasteiger charge is 2.17. The van der Waals surface area contributed by atoms with Gasteiger partial charge in [0.25, 0.3) is 0 Å². The predicted octanol–water partition coefficient (Wildman–Crippen LogP) is 2.63. The first-order chi connectivity index (χ1) is 23.1. The predicted molar refractivity (Wildman–Crippen MR) is 179 cm³/mol. The van der Waals surface area contributed by atoms with Crippen LogP contribution in [0.15, 0.2) is 0 Å². The molecule has 0 aromatic carbocycles. The van der Waals surface area contributed by atoms with E-state index in [4.69, 9.17) is 29.2 Å². The Morgan fingerprint density at radius 2 is 1.10 bits per heavy atom. The Balaban J connectivity index is 0. The molecule has 1 unspecified atom stereocenters. The van der Waals surface area contributed by atoms with Gasteiger partial charge < -0.3 is 45.1 Å². The Labute approximate surface area is 285 Å². The van der Waals surface area contributed by atoms with Crippen LogP contribution in [-0.2, 0) is 47.7 Å². The topological polar surface area (TPSA) is 216 Å². The molecule has 0 rings (SSSR count). The van der Waals surface area contributed by atoms with Crippen molar-refractivity contribution in [1.29, 1.82) is 0 Å². The van der Waals surface area contributed by atoms with Crippen molar-refractivity contribution in [2.75, 3.05) is 65.9 Å². The van der Waals surface area contributed by atoms with Crippen LogP contribution >= 0.6 is 0 Å². The molecule has 0 aromatic rings. The highest BCUT2D eigenvalue weighted by molar-refractivity contribution is 5.79. The van der Waals surface area contributed by atoms with E-state index in [-0.39, 0.29) is 76.4 Å². The van der Waals surface area contributed by atoms with Crippen LogP contribution in [-0.4, -0.2) is 118 Å². The molecule has 0 radical (unpaired) electrons. The van der Waals surface area contributed by atoms with Gasteiger partial charge in [-0.1, -0.05) is 71.1 Å². The maximum atomic E-state index is 11.6.